The third-order valence-corrected chi connectivity index (χ3v) is 3.95. The molecule has 1 aromatic heterocycles. The Balaban J connectivity index is 1.98. The lowest BCUT2D eigenvalue weighted by atomic mass is 10.2. The highest BCUT2D eigenvalue weighted by atomic mass is 32.2. The number of thioether (sulfide) groups is 1. The first kappa shape index (κ1) is 17.2. The molecule has 7 heteroatoms. The minimum absolute atomic E-state index is 0.00209. The molecule has 0 saturated carbocycles. The minimum Gasteiger partial charge on any atom is -0.338 e. The highest BCUT2D eigenvalue weighted by Crippen LogP contribution is 2.21. The Labute approximate surface area is 139 Å². The number of rotatable bonds is 7. The second kappa shape index (κ2) is 7.92. The van der Waals surface area contributed by atoms with Crippen molar-refractivity contribution in [1.29, 1.82) is 0 Å². The van der Waals surface area contributed by atoms with Crippen molar-refractivity contribution < 1.29 is 9.18 Å². The van der Waals surface area contributed by atoms with E-state index in [1.54, 1.807) is 23.1 Å². The van der Waals surface area contributed by atoms with E-state index in [1.807, 2.05) is 13.8 Å². The van der Waals surface area contributed by atoms with Gasteiger partial charge in [0, 0.05) is 13.1 Å². The molecule has 0 saturated heterocycles. The molecular weight excluding hydrogens is 315 g/mol. The maximum atomic E-state index is 13.7. The summed E-state index contributed by atoms with van der Waals surface area (Å²) in [6.45, 7) is 8.81. The van der Waals surface area contributed by atoms with Gasteiger partial charge in [-0.25, -0.2) is 9.37 Å². The van der Waals surface area contributed by atoms with Crippen molar-refractivity contribution in [2.45, 2.75) is 19.0 Å². The van der Waals surface area contributed by atoms with Crippen LogP contribution in [-0.2, 0) is 4.79 Å². The second-order valence-corrected chi connectivity index (χ2v) is 6.04. The Hall–Kier alpha value is -2.15. The number of hydrogen-bond acceptors (Lipinski definition) is 4. The van der Waals surface area contributed by atoms with E-state index in [0.717, 1.165) is 5.57 Å². The number of benzene rings is 1. The normalized spacial score (nSPS) is 10.6. The van der Waals surface area contributed by atoms with Gasteiger partial charge in [0.15, 0.2) is 5.82 Å². The van der Waals surface area contributed by atoms with Gasteiger partial charge in [0.1, 0.15) is 5.82 Å². The topological polar surface area (TPSA) is 61.9 Å². The van der Waals surface area contributed by atoms with Gasteiger partial charge in [0.05, 0.1) is 11.3 Å². The quantitative estimate of drug-likeness (QED) is 0.624. The third-order valence-electron chi connectivity index (χ3n) is 3.11. The van der Waals surface area contributed by atoms with Gasteiger partial charge in [0.25, 0.3) is 0 Å². The average molecular weight is 334 g/mol. The van der Waals surface area contributed by atoms with Crippen molar-refractivity contribution in [3.63, 3.8) is 0 Å². The van der Waals surface area contributed by atoms with Crippen molar-refractivity contribution in [1.82, 2.24) is 20.1 Å². The molecule has 0 aliphatic carbocycles. The molecule has 1 heterocycles. The van der Waals surface area contributed by atoms with Gasteiger partial charge < -0.3 is 4.90 Å². The van der Waals surface area contributed by atoms with Crippen LogP contribution in [0.2, 0.25) is 0 Å². The number of aromatic amines is 1. The molecule has 0 aliphatic rings. The number of nitrogens with one attached hydrogen (secondary N) is 1. The fraction of sp³-hybridized carbons (Fsp3) is 0.312. The molecule has 1 amide bonds. The smallest absolute Gasteiger partial charge is 0.233 e. The molecule has 1 N–H and O–H groups in total. The van der Waals surface area contributed by atoms with Gasteiger partial charge in [-0.1, -0.05) is 36.0 Å². The molecule has 0 bridgehead atoms. The first-order chi connectivity index (χ1) is 11.0. The lowest BCUT2D eigenvalue weighted by Gasteiger charge is -2.20. The molecule has 0 spiro atoms. The van der Waals surface area contributed by atoms with Crippen molar-refractivity contribution in [3.05, 3.63) is 42.2 Å². The SMILES string of the molecule is C=C(C)CN(CC)C(=O)CSc1n[nH]c(-c2ccccc2F)n1. The number of carbonyl (C=O) groups is 1. The zero-order chi connectivity index (χ0) is 16.8. The molecule has 23 heavy (non-hydrogen) atoms. The van der Waals surface area contributed by atoms with Gasteiger partial charge in [-0.05, 0) is 26.0 Å². The molecule has 0 unspecified atom stereocenters. The lowest BCUT2D eigenvalue weighted by molar-refractivity contribution is -0.127. The molecule has 1 aromatic carbocycles. The summed E-state index contributed by atoms with van der Waals surface area (Å²) in [5, 5.41) is 7.14. The molecule has 2 aromatic rings. The summed E-state index contributed by atoms with van der Waals surface area (Å²) in [7, 11) is 0. The van der Waals surface area contributed by atoms with Gasteiger partial charge in [-0.15, -0.1) is 5.10 Å². The van der Waals surface area contributed by atoms with Crippen LogP contribution in [0.5, 0.6) is 0 Å². The van der Waals surface area contributed by atoms with E-state index in [-0.39, 0.29) is 17.5 Å². The van der Waals surface area contributed by atoms with E-state index >= 15 is 0 Å². The highest BCUT2D eigenvalue weighted by molar-refractivity contribution is 7.99. The van der Waals surface area contributed by atoms with Crippen LogP contribution >= 0.6 is 11.8 Å². The average Bonchev–Trinajstić information content (AvgIpc) is 2.99. The van der Waals surface area contributed by atoms with Crippen LogP contribution < -0.4 is 0 Å². The van der Waals surface area contributed by atoms with Crippen LogP contribution in [0.3, 0.4) is 0 Å². The Morgan fingerprint density at radius 3 is 2.83 bits per heavy atom. The third kappa shape index (κ3) is 4.66. The Bertz CT molecular complexity index is 701. The minimum atomic E-state index is -0.366. The molecule has 122 valence electrons. The predicted molar refractivity (Wildman–Crippen MR) is 89.6 cm³/mol. The first-order valence-corrected chi connectivity index (χ1v) is 8.22. The van der Waals surface area contributed by atoms with E-state index in [2.05, 4.69) is 21.8 Å². The summed E-state index contributed by atoms with van der Waals surface area (Å²) in [5.41, 5.74) is 1.29. The first-order valence-electron chi connectivity index (χ1n) is 7.23. The maximum absolute atomic E-state index is 13.7. The van der Waals surface area contributed by atoms with Crippen molar-refractivity contribution in [2.75, 3.05) is 18.8 Å². The van der Waals surface area contributed by atoms with Gasteiger partial charge in [-0.2, -0.15) is 0 Å². The van der Waals surface area contributed by atoms with Crippen LogP contribution in [0.1, 0.15) is 13.8 Å². The van der Waals surface area contributed by atoms with Crippen molar-refractivity contribution in [3.8, 4) is 11.4 Å². The highest BCUT2D eigenvalue weighted by Gasteiger charge is 2.15. The summed E-state index contributed by atoms with van der Waals surface area (Å²) < 4.78 is 13.7. The van der Waals surface area contributed by atoms with Crippen LogP contribution in [0.15, 0.2) is 41.6 Å². The molecule has 0 fully saturated rings. The zero-order valence-electron chi connectivity index (χ0n) is 13.2. The standard InChI is InChI=1S/C16H19FN4OS/c1-4-21(9-11(2)3)14(22)10-23-16-18-15(19-20-16)12-7-5-6-8-13(12)17/h5-8H,2,4,9-10H2,1,3H3,(H,18,19,20). The maximum Gasteiger partial charge on any atom is 0.233 e. The summed E-state index contributed by atoms with van der Waals surface area (Å²) in [6, 6.07) is 6.34. The number of H-pyrrole nitrogens is 1. The summed E-state index contributed by atoms with van der Waals surface area (Å²) >= 11 is 1.22. The number of likely N-dealkylation sites (N-methyl/N-ethyl adjacent to an activating group) is 1. The molecule has 0 atom stereocenters. The van der Waals surface area contributed by atoms with Crippen molar-refractivity contribution in [2.24, 2.45) is 0 Å². The molecule has 2 rings (SSSR count). The van der Waals surface area contributed by atoms with E-state index < -0.39 is 0 Å². The van der Waals surface area contributed by atoms with E-state index in [4.69, 9.17) is 0 Å². The largest absolute Gasteiger partial charge is 0.338 e. The van der Waals surface area contributed by atoms with E-state index in [9.17, 15) is 9.18 Å². The number of amides is 1. The van der Waals surface area contributed by atoms with Crippen LogP contribution in [-0.4, -0.2) is 44.8 Å². The molecule has 5 nitrogen and oxygen atoms in total. The summed E-state index contributed by atoms with van der Waals surface area (Å²) in [4.78, 5) is 18.1. The van der Waals surface area contributed by atoms with E-state index in [1.165, 1.54) is 17.8 Å². The van der Waals surface area contributed by atoms with Crippen LogP contribution in [0.4, 0.5) is 4.39 Å². The van der Waals surface area contributed by atoms with Gasteiger partial charge in [-0.3, -0.25) is 9.89 Å². The number of hydrogen-bond donors (Lipinski definition) is 1. The Morgan fingerprint density at radius 2 is 2.17 bits per heavy atom. The predicted octanol–water partition coefficient (Wildman–Crippen LogP) is 3.13. The monoisotopic (exact) mass is 334 g/mol. The van der Waals surface area contributed by atoms with Gasteiger partial charge >= 0.3 is 0 Å². The van der Waals surface area contributed by atoms with E-state index in [0.29, 0.717) is 29.6 Å². The number of carbonyl (C=O) groups excluding carboxylic acids is 1. The lowest BCUT2D eigenvalue weighted by Crippen LogP contribution is -2.33. The summed E-state index contributed by atoms with van der Waals surface area (Å²) in [6.07, 6.45) is 0. The van der Waals surface area contributed by atoms with Crippen LogP contribution in [0.25, 0.3) is 11.4 Å². The van der Waals surface area contributed by atoms with Crippen LogP contribution in [0, 0.1) is 5.82 Å². The Morgan fingerprint density at radius 1 is 1.43 bits per heavy atom. The number of aromatic nitrogens is 3. The zero-order valence-corrected chi connectivity index (χ0v) is 14.0. The number of nitrogens with zero attached hydrogens (tertiary/aromatic N) is 3. The van der Waals surface area contributed by atoms with Gasteiger partial charge in [0.2, 0.25) is 11.1 Å². The second-order valence-electron chi connectivity index (χ2n) is 5.10. The fourth-order valence-electron chi connectivity index (χ4n) is 2.00. The Kier molecular flexibility index (Phi) is 5.92. The molecular formula is C16H19FN4OS. The summed E-state index contributed by atoms with van der Waals surface area (Å²) in [5.74, 6) is 0.218. The molecule has 0 radical (unpaired) electrons. The fourth-order valence-corrected chi connectivity index (χ4v) is 2.71. The van der Waals surface area contributed by atoms with Crippen molar-refractivity contribution >= 4 is 17.7 Å². The molecule has 0 aliphatic heterocycles. The number of halogens is 1.